The van der Waals surface area contributed by atoms with Gasteiger partial charge >= 0.3 is 0 Å². The zero-order valence-electron chi connectivity index (χ0n) is 13.6. The first-order valence-electron chi connectivity index (χ1n) is 8.00. The predicted molar refractivity (Wildman–Crippen MR) is 99.0 cm³/mol. The zero-order chi connectivity index (χ0) is 16.8. The van der Waals surface area contributed by atoms with E-state index in [-0.39, 0.29) is 5.56 Å². The molecule has 4 rings (SSSR count). The minimum atomic E-state index is -0.0303. The molecule has 1 aliphatic rings. The van der Waals surface area contributed by atoms with Crippen LogP contribution in [0.5, 0.6) is 0 Å². The van der Waals surface area contributed by atoms with Crippen LogP contribution in [0.1, 0.15) is 27.4 Å². The minimum absolute atomic E-state index is 0.0303. The second-order valence-electron chi connectivity index (χ2n) is 6.35. The highest BCUT2D eigenvalue weighted by atomic mass is 35.5. The second kappa shape index (κ2) is 5.99. The van der Waals surface area contributed by atoms with Crippen LogP contribution in [0, 0.1) is 13.8 Å². The van der Waals surface area contributed by atoms with Crippen molar-refractivity contribution < 1.29 is 0 Å². The summed E-state index contributed by atoms with van der Waals surface area (Å²) in [5.41, 5.74) is 3.63. The third-order valence-electron chi connectivity index (χ3n) is 4.72. The Morgan fingerprint density at radius 1 is 1.33 bits per heavy atom. The normalized spacial score (nSPS) is 15.0. The van der Waals surface area contributed by atoms with Crippen LogP contribution in [0.3, 0.4) is 0 Å². The van der Waals surface area contributed by atoms with E-state index in [4.69, 9.17) is 11.6 Å². The van der Waals surface area contributed by atoms with E-state index in [1.165, 1.54) is 11.1 Å². The average Bonchev–Trinajstić information content (AvgIpc) is 2.82. The molecule has 4 nitrogen and oxygen atoms in total. The van der Waals surface area contributed by atoms with E-state index in [1.807, 2.05) is 26.0 Å². The van der Waals surface area contributed by atoms with Gasteiger partial charge in [-0.25, -0.2) is 4.98 Å². The van der Waals surface area contributed by atoms with Crippen molar-refractivity contribution in [2.75, 3.05) is 6.54 Å². The van der Waals surface area contributed by atoms with Gasteiger partial charge in [0.1, 0.15) is 10.7 Å². The molecule has 24 heavy (non-hydrogen) atoms. The van der Waals surface area contributed by atoms with Gasteiger partial charge in [-0.3, -0.25) is 9.69 Å². The summed E-state index contributed by atoms with van der Waals surface area (Å²) in [6.45, 7) is 6.45. The summed E-state index contributed by atoms with van der Waals surface area (Å²) >= 11 is 7.70. The minimum Gasteiger partial charge on any atom is -0.309 e. The fourth-order valence-corrected chi connectivity index (χ4v) is 4.55. The van der Waals surface area contributed by atoms with Gasteiger partial charge < -0.3 is 4.98 Å². The van der Waals surface area contributed by atoms with Crippen molar-refractivity contribution in [2.24, 2.45) is 0 Å². The Morgan fingerprint density at radius 3 is 3.00 bits per heavy atom. The molecule has 0 fully saturated rings. The van der Waals surface area contributed by atoms with Crippen LogP contribution < -0.4 is 5.56 Å². The summed E-state index contributed by atoms with van der Waals surface area (Å²) in [4.78, 5) is 24.3. The van der Waals surface area contributed by atoms with Gasteiger partial charge in [-0.2, -0.15) is 0 Å². The molecule has 2 aromatic heterocycles. The van der Waals surface area contributed by atoms with Gasteiger partial charge in [0.15, 0.2) is 0 Å². The molecule has 124 valence electrons. The molecule has 0 unspecified atom stereocenters. The third kappa shape index (κ3) is 2.77. The number of nitrogens with one attached hydrogen (secondary N) is 1. The Hall–Kier alpha value is -1.69. The molecule has 0 amide bonds. The summed E-state index contributed by atoms with van der Waals surface area (Å²) in [6, 6.07) is 6.09. The fourth-order valence-electron chi connectivity index (χ4n) is 3.30. The maximum Gasteiger partial charge on any atom is 0.259 e. The number of aryl methyl sites for hydroxylation is 2. The molecule has 0 radical (unpaired) electrons. The van der Waals surface area contributed by atoms with Gasteiger partial charge in [-0.15, -0.1) is 11.3 Å². The molecule has 0 bridgehead atoms. The molecule has 0 spiro atoms. The highest BCUT2D eigenvalue weighted by molar-refractivity contribution is 7.18. The molecule has 3 heterocycles. The molecule has 3 aromatic rings. The van der Waals surface area contributed by atoms with Crippen molar-refractivity contribution in [3.05, 3.63) is 61.0 Å². The number of aromatic nitrogens is 2. The van der Waals surface area contributed by atoms with Crippen molar-refractivity contribution >= 4 is 33.2 Å². The summed E-state index contributed by atoms with van der Waals surface area (Å²) in [6.07, 6.45) is 0.996. The first-order chi connectivity index (χ1) is 11.5. The van der Waals surface area contributed by atoms with Crippen molar-refractivity contribution in [1.82, 2.24) is 14.9 Å². The van der Waals surface area contributed by atoms with Gasteiger partial charge in [0.25, 0.3) is 5.56 Å². The maximum absolute atomic E-state index is 12.4. The Bertz CT molecular complexity index is 992. The molecule has 0 saturated carbocycles. The van der Waals surface area contributed by atoms with Crippen molar-refractivity contribution in [3.8, 4) is 0 Å². The number of nitrogens with zero attached hydrogens (tertiary/aromatic N) is 2. The molecular weight excluding hydrogens is 342 g/mol. The van der Waals surface area contributed by atoms with E-state index in [0.717, 1.165) is 51.0 Å². The smallest absolute Gasteiger partial charge is 0.259 e. The van der Waals surface area contributed by atoms with E-state index in [0.29, 0.717) is 6.54 Å². The SMILES string of the molecule is Cc1sc2nc(CN3CCc4ccc(Cl)cc4C3)[nH]c(=O)c2c1C. The van der Waals surface area contributed by atoms with Gasteiger partial charge in [-0.05, 0) is 49.1 Å². The van der Waals surface area contributed by atoms with Gasteiger partial charge in [0.2, 0.25) is 0 Å². The fraction of sp³-hybridized carbons (Fsp3) is 0.333. The molecule has 6 heteroatoms. The van der Waals surface area contributed by atoms with E-state index >= 15 is 0 Å². The van der Waals surface area contributed by atoms with E-state index in [2.05, 4.69) is 20.9 Å². The molecule has 1 aliphatic heterocycles. The molecular formula is C18H18ClN3OS. The highest BCUT2D eigenvalue weighted by Gasteiger charge is 2.18. The Morgan fingerprint density at radius 2 is 2.17 bits per heavy atom. The van der Waals surface area contributed by atoms with Crippen molar-refractivity contribution in [1.29, 1.82) is 0 Å². The second-order valence-corrected chi connectivity index (χ2v) is 7.99. The van der Waals surface area contributed by atoms with Crippen LogP contribution in [0.15, 0.2) is 23.0 Å². The number of aromatic amines is 1. The molecule has 0 aliphatic carbocycles. The van der Waals surface area contributed by atoms with Crippen LogP contribution in [0.2, 0.25) is 5.02 Å². The largest absolute Gasteiger partial charge is 0.309 e. The number of hydrogen-bond donors (Lipinski definition) is 1. The summed E-state index contributed by atoms with van der Waals surface area (Å²) < 4.78 is 0. The quantitative estimate of drug-likeness (QED) is 0.756. The summed E-state index contributed by atoms with van der Waals surface area (Å²) in [5.74, 6) is 0.735. The van der Waals surface area contributed by atoms with Crippen LogP contribution >= 0.6 is 22.9 Å². The number of halogens is 1. The van der Waals surface area contributed by atoms with Crippen LogP contribution in [-0.2, 0) is 19.5 Å². The first kappa shape index (κ1) is 15.8. The highest BCUT2D eigenvalue weighted by Crippen LogP contribution is 2.27. The molecule has 1 aromatic carbocycles. The molecule has 0 atom stereocenters. The Balaban J connectivity index is 1.62. The summed E-state index contributed by atoms with van der Waals surface area (Å²) in [7, 11) is 0. The molecule has 0 saturated heterocycles. The van der Waals surface area contributed by atoms with E-state index in [9.17, 15) is 4.79 Å². The van der Waals surface area contributed by atoms with E-state index in [1.54, 1.807) is 11.3 Å². The average molecular weight is 360 g/mol. The topological polar surface area (TPSA) is 49.0 Å². The third-order valence-corrected chi connectivity index (χ3v) is 6.06. The zero-order valence-corrected chi connectivity index (χ0v) is 15.2. The van der Waals surface area contributed by atoms with Gasteiger partial charge in [0, 0.05) is 23.0 Å². The van der Waals surface area contributed by atoms with Crippen molar-refractivity contribution in [3.63, 3.8) is 0 Å². The Kier molecular flexibility index (Phi) is 3.95. The number of H-pyrrole nitrogens is 1. The lowest BCUT2D eigenvalue weighted by Crippen LogP contribution is -2.31. The number of thiophene rings is 1. The molecule has 1 N–H and O–H groups in total. The number of fused-ring (bicyclic) bond motifs is 2. The number of benzene rings is 1. The lowest BCUT2D eigenvalue weighted by molar-refractivity contribution is 0.239. The predicted octanol–water partition coefficient (Wildman–Crippen LogP) is 3.81. The lowest BCUT2D eigenvalue weighted by Gasteiger charge is -2.28. The lowest BCUT2D eigenvalue weighted by atomic mass is 10.00. The van der Waals surface area contributed by atoms with E-state index < -0.39 is 0 Å². The van der Waals surface area contributed by atoms with Crippen LogP contribution in [0.25, 0.3) is 10.2 Å². The van der Waals surface area contributed by atoms with Crippen LogP contribution in [-0.4, -0.2) is 21.4 Å². The number of hydrogen-bond acceptors (Lipinski definition) is 4. The Labute approximate surface area is 149 Å². The number of rotatable bonds is 2. The standard InChI is InChI=1S/C18H18ClN3OS/c1-10-11(2)24-18-16(10)17(23)20-15(21-18)9-22-6-5-12-3-4-14(19)7-13(12)8-22/h3-4,7H,5-6,8-9H2,1-2H3,(H,20,21,23). The monoisotopic (exact) mass is 359 g/mol. The first-order valence-corrected chi connectivity index (χ1v) is 9.19. The van der Waals surface area contributed by atoms with Crippen molar-refractivity contribution in [2.45, 2.75) is 33.4 Å². The van der Waals surface area contributed by atoms with Crippen LogP contribution in [0.4, 0.5) is 0 Å². The maximum atomic E-state index is 12.4. The summed E-state index contributed by atoms with van der Waals surface area (Å²) in [5, 5.41) is 1.50. The van der Waals surface area contributed by atoms with Gasteiger partial charge in [-0.1, -0.05) is 17.7 Å². The van der Waals surface area contributed by atoms with Gasteiger partial charge in [0.05, 0.1) is 11.9 Å².